The van der Waals surface area contributed by atoms with Crippen molar-refractivity contribution >= 4 is 11.7 Å². The van der Waals surface area contributed by atoms with Gasteiger partial charge in [0.15, 0.2) is 5.78 Å². The number of carbonyl (C=O) groups excluding carboxylic acids is 2. The lowest BCUT2D eigenvalue weighted by Crippen LogP contribution is -2.39. The summed E-state index contributed by atoms with van der Waals surface area (Å²) in [5.74, 6) is 0.0707. The standard InChI is InChI=1S/C15H19NO2/c1-3-12-6-8-13(9-7-12)15(18)14-5-4-10-16(14)11(2)17/h6-9,14H,3-5,10H2,1-2H3. The number of nitrogens with zero attached hydrogens (tertiary/aromatic N) is 1. The van der Waals surface area contributed by atoms with Gasteiger partial charge in [-0.1, -0.05) is 31.2 Å². The number of hydrogen-bond acceptors (Lipinski definition) is 2. The van der Waals surface area contributed by atoms with E-state index in [2.05, 4.69) is 6.92 Å². The van der Waals surface area contributed by atoms with Crippen molar-refractivity contribution in [1.82, 2.24) is 4.90 Å². The first-order valence-corrected chi connectivity index (χ1v) is 6.54. The highest BCUT2D eigenvalue weighted by atomic mass is 16.2. The van der Waals surface area contributed by atoms with Gasteiger partial charge in [0.2, 0.25) is 5.91 Å². The largest absolute Gasteiger partial charge is 0.333 e. The van der Waals surface area contributed by atoms with E-state index in [1.54, 1.807) is 4.90 Å². The van der Waals surface area contributed by atoms with Crippen molar-refractivity contribution in [3.63, 3.8) is 0 Å². The van der Waals surface area contributed by atoms with Crippen LogP contribution in [0.2, 0.25) is 0 Å². The van der Waals surface area contributed by atoms with Crippen LogP contribution in [0.15, 0.2) is 24.3 Å². The molecule has 1 aliphatic heterocycles. The maximum atomic E-state index is 12.4. The maximum Gasteiger partial charge on any atom is 0.220 e. The summed E-state index contributed by atoms with van der Waals surface area (Å²) in [7, 11) is 0. The summed E-state index contributed by atoms with van der Waals surface area (Å²) in [5.41, 5.74) is 1.94. The average molecular weight is 245 g/mol. The minimum atomic E-state index is -0.255. The van der Waals surface area contributed by atoms with Crippen molar-refractivity contribution in [2.75, 3.05) is 6.54 Å². The fourth-order valence-corrected chi connectivity index (χ4v) is 2.51. The molecule has 0 bridgehead atoms. The molecule has 3 nitrogen and oxygen atoms in total. The topological polar surface area (TPSA) is 37.4 Å². The molecule has 1 aliphatic rings. The molecule has 96 valence electrons. The van der Waals surface area contributed by atoms with Gasteiger partial charge >= 0.3 is 0 Å². The van der Waals surface area contributed by atoms with Crippen molar-refractivity contribution in [2.24, 2.45) is 0 Å². The second kappa shape index (κ2) is 5.34. The van der Waals surface area contributed by atoms with E-state index in [4.69, 9.17) is 0 Å². The van der Waals surface area contributed by atoms with Gasteiger partial charge in [0.1, 0.15) is 0 Å². The Hall–Kier alpha value is -1.64. The maximum absolute atomic E-state index is 12.4. The van der Waals surface area contributed by atoms with Crippen LogP contribution in [0.1, 0.15) is 42.6 Å². The normalized spacial score (nSPS) is 19.0. The predicted molar refractivity (Wildman–Crippen MR) is 70.6 cm³/mol. The monoisotopic (exact) mass is 245 g/mol. The zero-order valence-corrected chi connectivity index (χ0v) is 11.0. The van der Waals surface area contributed by atoms with Gasteiger partial charge in [-0.3, -0.25) is 9.59 Å². The van der Waals surface area contributed by atoms with E-state index in [0.29, 0.717) is 12.1 Å². The fourth-order valence-electron chi connectivity index (χ4n) is 2.51. The van der Waals surface area contributed by atoms with Crippen LogP contribution in [0.3, 0.4) is 0 Å². The number of rotatable bonds is 3. The molecule has 18 heavy (non-hydrogen) atoms. The Morgan fingerprint density at radius 3 is 2.50 bits per heavy atom. The third-order valence-corrected chi connectivity index (χ3v) is 3.61. The molecule has 0 radical (unpaired) electrons. The zero-order valence-electron chi connectivity index (χ0n) is 11.0. The molecule has 1 unspecified atom stereocenters. The second-order valence-electron chi connectivity index (χ2n) is 4.79. The molecule has 1 aromatic carbocycles. The number of benzene rings is 1. The lowest BCUT2D eigenvalue weighted by Gasteiger charge is -2.22. The SMILES string of the molecule is CCc1ccc(C(=O)C2CCCN2C(C)=O)cc1. The molecule has 1 amide bonds. The van der Waals surface area contributed by atoms with Crippen LogP contribution in [0, 0.1) is 0 Å². The zero-order chi connectivity index (χ0) is 13.1. The molecule has 1 heterocycles. The molecule has 0 N–H and O–H groups in total. The smallest absolute Gasteiger partial charge is 0.220 e. The number of likely N-dealkylation sites (tertiary alicyclic amines) is 1. The van der Waals surface area contributed by atoms with Gasteiger partial charge in [0.05, 0.1) is 6.04 Å². The number of carbonyl (C=O) groups is 2. The Balaban J connectivity index is 2.17. The Morgan fingerprint density at radius 2 is 1.94 bits per heavy atom. The summed E-state index contributed by atoms with van der Waals surface area (Å²) in [6, 6.07) is 7.46. The summed E-state index contributed by atoms with van der Waals surface area (Å²) in [4.78, 5) is 25.5. The third kappa shape index (κ3) is 2.45. The van der Waals surface area contributed by atoms with Gasteiger partial charge in [0, 0.05) is 19.0 Å². The summed E-state index contributed by atoms with van der Waals surface area (Å²) >= 11 is 0. The number of aryl methyl sites for hydroxylation is 1. The van der Waals surface area contributed by atoms with Crippen LogP contribution in [0.4, 0.5) is 0 Å². The molecule has 0 aliphatic carbocycles. The first-order chi connectivity index (χ1) is 8.63. The lowest BCUT2D eigenvalue weighted by atomic mass is 10.0. The van der Waals surface area contributed by atoms with Crippen molar-refractivity contribution in [2.45, 2.75) is 39.2 Å². The minimum Gasteiger partial charge on any atom is -0.333 e. The fraction of sp³-hybridized carbons (Fsp3) is 0.467. The van der Waals surface area contributed by atoms with Gasteiger partial charge in [-0.05, 0) is 24.8 Å². The summed E-state index contributed by atoms with van der Waals surface area (Å²) in [6.07, 6.45) is 2.68. The third-order valence-electron chi connectivity index (χ3n) is 3.61. The summed E-state index contributed by atoms with van der Waals surface area (Å²) < 4.78 is 0. The number of amides is 1. The Kier molecular flexibility index (Phi) is 3.80. The van der Waals surface area contributed by atoms with Crippen LogP contribution in [-0.4, -0.2) is 29.2 Å². The molecular formula is C15H19NO2. The Bertz CT molecular complexity index is 450. The van der Waals surface area contributed by atoms with Crippen molar-refractivity contribution in [3.8, 4) is 0 Å². The number of Topliss-reactive ketones (excluding diaryl/α,β-unsaturated/α-hetero) is 1. The van der Waals surface area contributed by atoms with Crippen LogP contribution >= 0.6 is 0 Å². The van der Waals surface area contributed by atoms with Crippen molar-refractivity contribution < 1.29 is 9.59 Å². The quantitative estimate of drug-likeness (QED) is 0.767. The molecule has 3 heteroatoms. The summed E-state index contributed by atoms with van der Waals surface area (Å²) in [5, 5.41) is 0. The van der Waals surface area contributed by atoms with E-state index in [-0.39, 0.29) is 17.7 Å². The Morgan fingerprint density at radius 1 is 1.28 bits per heavy atom. The molecule has 0 spiro atoms. The highest BCUT2D eigenvalue weighted by molar-refractivity contribution is 6.02. The molecule has 1 fully saturated rings. The van der Waals surface area contributed by atoms with E-state index >= 15 is 0 Å². The first kappa shape index (κ1) is 12.8. The first-order valence-electron chi connectivity index (χ1n) is 6.54. The van der Waals surface area contributed by atoms with Gasteiger partial charge in [-0.2, -0.15) is 0 Å². The van der Waals surface area contributed by atoms with Crippen molar-refractivity contribution in [1.29, 1.82) is 0 Å². The molecule has 1 atom stereocenters. The van der Waals surface area contributed by atoms with Gasteiger partial charge < -0.3 is 4.90 Å². The van der Waals surface area contributed by atoms with Gasteiger partial charge in [-0.25, -0.2) is 0 Å². The van der Waals surface area contributed by atoms with E-state index in [1.165, 1.54) is 12.5 Å². The van der Waals surface area contributed by atoms with E-state index in [0.717, 1.165) is 19.3 Å². The van der Waals surface area contributed by atoms with Crippen molar-refractivity contribution in [3.05, 3.63) is 35.4 Å². The highest BCUT2D eigenvalue weighted by Gasteiger charge is 2.32. The lowest BCUT2D eigenvalue weighted by molar-refractivity contribution is -0.128. The predicted octanol–water partition coefficient (Wildman–Crippen LogP) is 2.44. The molecule has 0 aromatic heterocycles. The molecular weight excluding hydrogens is 226 g/mol. The number of ketones is 1. The van der Waals surface area contributed by atoms with Gasteiger partial charge in [-0.15, -0.1) is 0 Å². The van der Waals surface area contributed by atoms with E-state index in [1.807, 2.05) is 24.3 Å². The summed E-state index contributed by atoms with van der Waals surface area (Å²) in [6.45, 7) is 4.33. The molecule has 0 saturated carbocycles. The Labute approximate surface area is 108 Å². The minimum absolute atomic E-state index is 0.00368. The van der Waals surface area contributed by atoms with Crippen LogP contribution in [0.25, 0.3) is 0 Å². The van der Waals surface area contributed by atoms with Crippen LogP contribution < -0.4 is 0 Å². The van der Waals surface area contributed by atoms with Gasteiger partial charge in [0.25, 0.3) is 0 Å². The number of hydrogen-bond donors (Lipinski definition) is 0. The average Bonchev–Trinajstić information content (AvgIpc) is 2.87. The molecule has 2 rings (SSSR count). The second-order valence-corrected chi connectivity index (χ2v) is 4.79. The van der Waals surface area contributed by atoms with Crippen LogP contribution in [0.5, 0.6) is 0 Å². The van der Waals surface area contributed by atoms with E-state index in [9.17, 15) is 9.59 Å². The molecule has 1 saturated heterocycles. The van der Waals surface area contributed by atoms with Crippen LogP contribution in [-0.2, 0) is 11.2 Å². The van der Waals surface area contributed by atoms with E-state index < -0.39 is 0 Å². The molecule has 1 aromatic rings. The highest BCUT2D eigenvalue weighted by Crippen LogP contribution is 2.21.